The van der Waals surface area contributed by atoms with E-state index in [1.54, 1.807) is 7.11 Å². The monoisotopic (exact) mass is 209 g/mol. The average molecular weight is 209 g/mol. The molecule has 0 amide bonds. The number of hydrogen-bond acceptors (Lipinski definition) is 4. The summed E-state index contributed by atoms with van der Waals surface area (Å²) in [5.41, 5.74) is 6.15. The van der Waals surface area contributed by atoms with Gasteiger partial charge in [-0.15, -0.1) is 0 Å². The van der Waals surface area contributed by atoms with Crippen molar-refractivity contribution in [3.8, 4) is 5.75 Å². The quantitative estimate of drug-likeness (QED) is 0.737. The molecule has 0 aliphatic heterocycles. The number of carbonyl (C=O) groups is 1. The Kier molecular flexibility index (Phi) is 4.63. The van der Waals surface area contributed by atoms with Crippen LogP contribution in [0.5, 0.6) is 5.75 Å². The van der Waals surface area contributed by atoms with Gasteiger partial charge >= 0.3 is 5.97 Å². The maximum atomic E-state index is 11.0. The zero-order valence-corrected chi connectivity index (χ0v) is 8.73. The first-order valence-corrected chi connectivity index (χ1v) is 4.75. The molecule has 1 rings (SSSR count). The third-order valence-corrected chi connectivity index (χ3v) is 1.91. The van der Waals surface area contributed by atoms with Crippen LogP contribution in [-0.4, -0.2) is 19.6 Å². The number of methoxy groups -OCH3 is 1. The van der Waals surface area contributed by atoms with E-state index < -0.39 is 0 Å². The molecular formula is C11H15NO3. The molecule has 0 unspecified atom stereocenters. The minimum atomic E-state index is -0.270. The van der Waals surface area contributed by atoms with Crippen molar-refractivity contribution < 1.29 is 14.3 Å². The molecule has 0 aliphatic carbocycles. The third kappa shape index (κ3) is 3.99. The maximum absolute atomic E-state index is 11.0. The van der Waals surface area contributed by atoms with Gasteiger partial charge in [0.1, 0.15) is 12.4 Å². The largest absolute Gasteiger partial charge is 0.497 e. The van der Waals surface area contributed by atoms with Gasteiger partial charge in [-0.3, -0.25) is 4.79 Å². The van der Waals surface area contributed by atoms with E-state index >= 15 is 0 Å². The van der Waals surface area contributed by atoms with Gasteiger partial charge in [-0.1, -0.05) is 12.1 Å². The Bertz CT molecular complexity index is 308. The molecule has 0 bridgehead atoms. The van der Waals surface area contributed by atoms with Crippen LogP contribution in [0.15, 0.2) is 24.3 Å². The summed E-state index contributed by atoms with van der Waals surface area (Å²) in [6, 6.07) is 7.36. The summed E-state index contributed by atoms with van der Waals surface area (Å²) >= 11 is 0. The van der Waals surface area contributed by atoms with Crippen LogP contribution >= 0.6 is 0 Å². The van der Waals surface area contributed by atoms with Gasteiger partial charge in [-0.25, -0.2) is 0 Å². The van der Waals surface area contributed by atoms with E-state index in [9.17, 15) is 4.79 Å². The second-order valence-corrected chi connectivity index (χ2v) is 3.05. The maximum Gasteiger partial charge on any atom is 0.307 e. The molecule has 0 aromatic heterocycles. The van der Waals surface area contributed by atoms with Gasteiger partial charge in [-0.2, -0.15) is 0 Å². The highest BCUT2D eigenvalue weighted by Gasteiger charge is 2.01. The van der Waals surface area contributed by atoms with Crippen LogP contribution in [0.4, 0.5) is 0 Å². The molecule has 0 heterocycles. The highest BCUT2D eigenvalue weighted by atomic mass is 16.5. The van der Waals surface area contributed by atoms with Crippen LogP contribution in [-0.2, 0) is 16.1 Å². The predicted octanol–water partition coefficient (Wildman–Crippen LogP) is 1.09. The molecule has 0 radical (unpaired) electrons. The van der Waals surface area contributed by atoms with E-state index in [2.05, 4.69) is 0 Å². The zero-order chi connectivity index (χ0) is 11.1. The summed E-state index contributed by atoms with van der Waals surface area (Å²) < 4.78 is 9.99. The van der Waals surface area contributed by atoms with Crippen LogP contribution < -0.4 is 10.5 Å². The summed E-state index contributed by atoms with van der Waals surface area (Å²) in [6.07, 6.45) is 0.260. The van der Waals surface area contributed by atoms with Gasteiger partial charge in [0.25, 0.3) is 0 Å². The predicted molar refractivity (Wildman–Crippen MR) is 56.5 cm³/mol. The number of hydrogen-bond donors (Lipinski definition) is 1. The Labute approximate surface area is 89.0 Å². The normalized spacial score (nSPS) is 9.73. The summed E-state index contributed by atoms with van der Waals surface area (Å²) in [5, 5.41) is 0. The van der Waals surface area contributed by atoms with Crippen molar-refractivity contribution in [3.05, 3.63) is 29.8 Å². The first kappa shape index (κ1) is 11.5. The summed E-state index contributed by atoms with van der Waals surface area (Å²) in [7, 11) is 1.61. The second kappa shape index (κ2) is 6.03. The molecule has 0 fully saturated rings. The fraction of sp³-hybridized carbons (Fsp3) is 0.364. The Balaban J connectivity index is 2.40. The first-order valence-electron chi connectivity index (χ1n) is 4.75. The Hall–Kier alpha value is -1.55. The van der Waals surface area contributed by atoms with Crippen LogP contribution in [0.25, 0.3) is 0 Å². The lowest BCUT2D eigenvalue weighted by molar-refractivity contribution is -0.144. The molecule has 82 valence electrons. The minimum Gasteiger partial charge on any atom is -0.497 e. The van der Waals surface area contributed by atoms with E-state index in [0.29, 0.717) is 6.54 Å². The Morgan fingerprint density at radius 1 is 1.33 bits per heavy atom. The molecule has 4 nitrogen and oxygen atoms in total. The smallest absolute Gasteiger partial charge is 0.307 e. The standard InChI is InChI=1S/C11H15NO3/c1-14-10-4-2-9(3-5-10)8-15-11(13)6-7-12/h2-5H,6-8,12H2,1H3. The zero-order valence-electron chi connectivity index (χ0n) is 8.73. The van der Waals surface area contributed by atoms with E-state index in [-0.39, 0.29) is 19.0 Å². The molecule has 0 aliphatic rings. The van der Waals surface area contributed by atoms with Crippen molar-refractivity contribution in [1.29, 1.82) is 0 Å². The SMILES string of the molecule is COc1ccc(COC(=O)CCN)cc1. The van der Waals surface area contributed by atoms with E-state index in [1.807, 2.05) is 24.3 Å². The van der Waals surface area contributed by atoms with Crippen LogP contribution in [0.2, 0.25) is 0 Å². The van der Waals surface area contributed by atoms with Gasteiger partial charge in [0.05, 0.1) is 13.5 Å². The fourth-order valence-electron chi connectivity index (χ4n) is 1.08. The molecule has 1 aromatic rings. The summed E-state index contributed by atoms with van der Waals surface area (Å²) in [5.74, 6) is 0.514. The third-order valence-electron chi connectivity index (χ3n) is 1.91. The minimum absolute atomic E-state index is 0.260. The number of ether oxygens (including phenoxy) is 2. The highest BCUT2D eigenvalue weighted by Crippen LogP contribution is 2.11. The molecule has 0 atom stereocenters. The van der Waals surface area contributed by atoms with Gasteiger partial charge in [0.15, 0.2) is 0 Å². The molecule has 4 heteroatoms. The Morgan fingerprint density at radius 3 is 2.53 bits per heavy atom. The van der Waals surface area contributed by atoms with Gasteiger partial charge in [0, 0.05) is 6.54 Å². The number of esters is 1. The van der Waals surface area contributed by atoms with E-state index in [4.69, 9.17) is 15.2 Å². The van der Waals surface area contributed by atoms with Gasteiger partial charge < -0.3 is 15.2 Å². The molecule has 0 saturated heterocycles. The molecular weight excluding hydrogens is 194 g/mol. The summed E-state index contributed by atoms with van der Waals surface area (Å²) in [4.78, 5) is 11.0. The van der Waals surface area contributed by atoms with E-state index in [0.717, 1.165) is 11.3 Å². The topological polar surface area (TPSA) is 61.5 Å². The van der Waals surface area contributed by atoms with Crippen molar-refractivity contribution in [2.24, 2.45) is 5.73 Å². The fourth-order valence-corrected chi connectivity index (χ4v) is 1.08. The lowest BCUT2D eigenvalue weighted by Crippen LogP contribution is -2.10. The average Bonchev–Trinajstić information content (AvgIpc) is 2.27. The number of carbonyl (C=O) groups excluding carboxylic acids is 1. The number of nitrogens with two attached hydrogens (primary N) is 1. The lowest BCUT2D eigenvalue weighted by atomic mass is 10.2. The molecule has 1 aromatic carbocycles. The van der Waals surface area contributed by atoms with E-state index in [1.165, 1.54) is 0 Å². The highest BCUT2D eigenvalue weighted by molar-refractivity contribution is 5.69. The Morgan fingerprint density at radius 2 is 2.00 bits per heavy atom. The molecule has 0 saturated carbocycles. The van der Waals surface area contributed by atoms with Crippen LogP contribution in [0, 0.1) is 0 Å². The number of rotatable bonds is 5. The van der Waals surface area contributed by atoms with Crippen LogP contribution in [0.1, 0.15) is 12.0 Å². The lowest BCUT2D eigenvalue weighted by Gasteiger charge is -2.05. The number of benzene rings is 1. The van der Waals surface area contributed by atoms with Crippen LogP contribution in [0.3, 0.4) is 0 Å². The summed E-state index contributed by atoms with van der Waals surface area (Å²) in [6.45, 7) is 0.601. The van der Waals surface area contributed by atoms with Crippen molar-refractivity contribution in [1.82, 2.24) is 0 Å². The molecule has 2 N–H and O–H groups in total. The molecule has 0 spiro atoms. The van der Waals surface area contributed by atoms with Crippen molar-refractivity contribution >= 4 is 5.97 Å². The van der Waals surface area contributed by atoms with Gasteiger partial charge in [-0.05, 0) is 17.7 Å². The van der Waals surface area contributed by atoms with Crippen molar-refractivity contribution in [2.75, 3.05) is 13.7 Å². The molecule has 15 heavy (non-hydrogen) atoms. The second-order valence-electron chi connectivity index (χ2n) is 3.05. The van der Waals surface area contributed by atoms with Crippen molar-refractivity contribution in [2.45, 2.75) is 13.0 Å². The van der Waals surface area contributed by atoms with Crippen molar-refractivity contribution in [3.63, 3.8) is 0 Å². The van der Waals surface area contributed by atoms with Gasteiger partial charge in [0.2, 0.25) is 0 Å². The first-order chi connectivity index (χ1) is 7.26.